The number of nitrogens with one attached hydrogen (secondary N) is 2. The lowest BCUT2D eigenvalue weighted by atomic mass is 10.3. The predicted molar refractivity (Wildman–Crippen MR) is 37.0 cm³/mol. The van der Waals surface area contributed by atoms with Crippen molar-refractivity contribution in [2.75, 3.05) is 6.54 Å². The fraction of sp³-hybridized carbons (Fsp3) is 0.600. The van der Waals surface area contributed by atoms with Crippen molar-refractivity contribution in [1.82, 2.24) is 5.32 Å². The first-order valence-corrected chi connectivity index (χ1v) is 3.12. The summed E-state index contributed by atoms with van der Waals surface area (Å²) in [5.41, 5.74) is 4.64. The number of halogens is 3. The van der Waals surface area contributed by atoms with Gasteiger partial charge in [0.25, 0.3) is 5.91 Å². The molecule has 0 heterocycles. The Kier molecular flexibility index (Phi) is 3.67. The predicted octanol–water partition coefficient (Wildman–Crippen LogP) is -1.04. The van der Waals surface area contributed by atoms with E-state index in [9.17, 15) is 18.0 Å². The number of aliphatic hydroxyl groups excluding tert-OH is 1. The Morgan fingerprint density at radius 3 is 2.38 bits per heavy atom. The lowest BCUT2D eigenvalue weighted by Crippen LogP contribution is -2.44. The summed E-state index contributed by atoms with van der Waals surface area (Å²) in [7, 11) is 0. The molecule has 8 heteroatoms. The largest absolute Gasteiger partial charge is 0.416 e. The molecule has 1 atom stereocenters. The van der Waals surface area contributed by atoms with Crippen LogP contribution in [-0.2, 0) is 4.79 Å². The van der Waals surface area contributed by atoms with Crippen molar-refractivity contribution in [3.8, 4) is 0 Å². The van der Waals surface area contributed by atoms with Crippen LogP contribution in [0.5, 0.6) is 0 Å². The van der Waals surface area contributed by atoms with Crippen LogP contribution in [-0.4, -0.2) is 35.7 Å². The van der Waals surface area contributed by atoms with E-state index in [-0.39, 0.29) is 0 Å². The van der Waals surface area contributed by atoms with E-state index in [0.29, 0.717) is 0 Å². The molecule has 0 radical (unpaired) electrons. The SMILES string of the molecule is N=C(N)C(=O)NCC(O)C(F)(F)F. The minimum absolute atomic E-state index is 0.908. The molecule has 0 rings (SSSR count). The first-order valence-electron chi connectivity index (χ1n) is 3.12. The highest BCUT2D eigenvalue weighted by Crippen LogP contribution is 2.18. The van der Waals surface area contributed by atoms with Gasteiger partial charge in [0.1, 0.15) is 0 Å². The molecule has 76 valence electrons. The van der Waals surface area contributed by atoms with Gasteiger partial charge in [-0.1, -0.05) is 0 Å². The van der Waals surface area contributed by atoms with Crippen LogP contribution >= 0.6 is 0 Å². The number of amidine groups is 1. The van der Waals surface area contributed by atoms with E-state index in [4.69, 9.17) is 10.5 Å². The molecule has 0 spiro atoms. The molecule has 1 unspecified atom stereocenters. The molecular formula is C5H8F3N3O2. The summed E-state index contributed by atoms with van der Waals surface area (Å²) in [6.45, 7) is -1.01. The van der Waals surface area contributed by atoms with Gasteiger partial charge in [-0.15, -0.1) is 0 Å². The Morgan fingerprint density at radius 1 is 1.62 bits per heavy atom. The molecule has 0 fully saturated rings. The van der Waals surface area contributed by atoms with Gasteiger partial charge < -0.3 is 16.2 Å². The van der Waals surface area contributed by atoms with Crippen LogP contribution < -0.4 is 11.1 Å². The van der Waals surface area contributed by atoms with Gasteiger partial charge >= 0.3 is 6.18 Å². The fourth-order valence-electron chi connectivity index (χ4n) is 0.400. The summed E-state index contributed by atoms with van der Waals surface area (Å²) in [6.07, 6.45) is -7.43. The summed E-state index contributed by atoms with van der Waals surface area (Å²) in [6, 6.07) is 0. The van der Waals surface area contributed by atoms with E-state index in [1.807, 2.05) is 0 Å². The Bertz CT molecular complexity index is 216. The van der Waals surface area contributed by atoms with E-state index >= 15 is 0 Å². The molecule has 0 aromatic rings. The van der Waals surface area contributed by atoms with Gasteiger partial charge in [-0.25, -0.2) is 0 Å². The third-order valence-electron chi connectivity index (χ3n) is 1.08. The normalized spacial score (nSPS) is 13.5. The van der Waals surface area contributed by atoms with Crippen molar-refractivity contribution in [3.05, 3.63) is 0 Å². The van der Waals surface area contributed by atoms with Crippen molar-refractivity contribution in [2.45, 2.75) is 12.3 Å². The minimum atomic E-state index is -4.79. The van der Waals surface area contributed by atoms with Gasteiger partial charge in [-0.2, -0.15) is 13.2 Å². The van der Waals surface area contributed by atoms with E-state index < -0.39 is 30.6 Å². The highest BCUT2D eigenvalue weighted by atomic mass is 19.4. The van der Waals surface area contributed by atoms with E-state index in [1.165, 1.54) is 0 Å². The molecule has 0 saturated heterocycles. The third-order valence-corrected chi connectivity index (χ3v) is 1.08. The van der Waals surface area contributed by atoms with Gasteiger partial charge in [0.15, 0.2) is 11.9 Å². The number of carbonyl (C=O) groups excluding carboxylic acids is 1. The van der Waals surface area contributed by atoms with E-state index in [2.05, 4.69) is 5.73 Å². The highest BCUT2D eigenvalue weighted by Gasteiger charge is 2.38. The van der Waals surface area contributed by atoms with E-state index in [0.717, 1.165) is 0 Å². The molecule has 1 amide bonds. The maximum atomic E-state index is 11.6. The molecule has 0 bridgehead atoms. The standard InChI is InChI=1S/C5H8F3N3O2/c6-5(7,8)2(12)1-11-4(13)3(9)10/h2,12H,1H2,(H3,9,10)(H,11,13). The van der Waals surface area contributed by atoms with Gasteiger partial charge in [0, 0.05) is 0 Å². The second kappa shape index (κ2) is 4.08. The maximum Gasteiger partial charge on any atom is 0.416 e. The molecular weight excluding hydrogens is 191 g/mol. The summed E-state index contributed by atoms with van der Waals surface area (Å²) < 4.78 is 34.8. The second-order valence-corrected chi connectivity index (χ2v) is 2.18. The van der Waals surface area contributed by atoms with Crippen LogP contribution in [0.15, 0.2) is 0 Å². The molecule has 0 aliphatic heterocycles. The molecule has 5 N–H and O–H groups in total. The average Bonchev–Trinajstić information content (AvgIpc) is 1.97. The zero-order chi connectivity index (χ0) is 10.6. The van der Waals surface area contributed by atoms with Crippen LogP contribution in [0.3, 0.4) is 0 Å². The highest BCUT2D eigenvalue weighted by molar-refractivity contribution is 6.35. The second-order valence-electron chi connectivity index (χ2n) is 2.18. The Labute approximate surface area is 71.2 Å². The van der Waals surface area contributed by atoms with Crippen LogP contribution in [0.1, 0.15) is 0 Å². The van der Waals surface area contributed by atoms with Crippen LogP contribution in [0.2, 0.25) is 0 Å². The lowest BCUT2D eigenvalue weighted by molar-refractivity contribution is -0.201. The van der Waals surface area contributed by atoms with Crippen molar-refractivity contribution >= 4 is 11.7 Å². The van der Waals surface area contributed by atoms with Crippen molar-refractivity contribution in [1.29, 1.82) is 5.41 Å². The zero-order valence-electron chi connectivity index (χ0n) is 6.35. The van der Waals surface area contributed by atoms with Crippen molar-refractivity contribution < 1.29 is 23.1 Å². The lowest BCUT2D eigenvalue weighted by Gasteiger charge is -2.14. The average molecular weight is 199 g/mol. The summed E-state index contributed by atoms with van der Waals surface area (Å²) >= 11 is 0. The monoisotopic (exact) mass is 199 g/mol. The van der Waals surface area contributed by atoms with Gasteiger partial charge in [-0.3, -0.25) is 10.2 Å². The minimum Gasteiger partial charge on any atom is -0.382 e. The number of nitrogens with two attached hydrogens (primary N) is 1. The molecule has 13 heavy (non-hydrogen) atoms. The number of aliphatic hydroxyl groups is 1. The zero-order valence-corrected chi connectivity index (χ0v) is 6.35. The number of hydrogen-bond acceptors (Lipinski definition) is 3. The van der Waals surface area contributed by atoms with Crippen LogP contribution in [0.25, 0.3) is 0 Å². The summed E-state index contributed by atoms with van der Waals surface area (Å²) in [5, 5.41) is 16.5. The molecule has 0 aliphatic carbocycles. The molecule has 0 aliphatic rings. The van der Waals surface area contributed by atoms with Gasteiger partial charge in [0.2, 0.25) is 0 Å². The third kappa shape index (κ3) is 4.31. The topological polar surface area (TPSA) is 99.2 Å². The smallest absolute Gasteiger partial charge is 0.382 e. The molecule has 0 aromatic heterocycles. The summed E-state index contributed by atoms with van der Waals surface area (Å²) in [5.74, 6) is -2.06. The van der Waals surface area contributed by atoms with E-state index in [1.54, 1.807) is 5.32 Å². The van der Waals surface area contributed by atoms with Crippen LogP contribution in [0.4, 0.5) is 13.2 Å². The Balaban J connectivity index is 3.91. The number of amides is 1. The number of rotatable bonds is 2. The Hall–Kier alpha value is -1.31. The first kappa shape index (κ1) is 11.7. The fourth-order valence-corrected chi connectivity index (χ4v) is 0.400. The number of carbonyl (C=O) groups is 1. The number of alkyl halides is 3. The summed E-state index contributed by atoms with van der Waals surface area (Å²) in [4.78, 5) is 10.4. The Morgan fingerprint density at radius 2 is 2.08 bits per heavy atom. The van der Waals surface area contributed by atoms with Crippen LogP contribution in [0, 0.1) is 5.41 Å². The quantitative estimate of drug-likeness (QED) is 0.337. The first-order chi connectivity index (χ1) is 5.75. The maximum absolute atomic E-state index is 11.6. The molecule has 5 nitrogen and oxygen atoms in total. The molecule has 0 aromatic carbocycles. The van der Waals surface area contributed by atoms with Gasteiger partial charge in [0.05, 0.1) is 6.54 Å². The van der Waals surface area contributed by atoms with Crippen molar-refractivity contribution in [3.63, 3.8) is 0 Å². The van der Waals surface area contributed by atoms with Crippen molar-refractivity contribution in [2.24, 2.45) is 5.73 Å². The number of hydrogen-bond donors (Lipinski definition) is 4. The van der Waals surface area contributed by atoms with Gasteiger partial charge in [-0.05, 0) is 0 Å². The molecule has 0 saturated carbocycles.